The molecule has 0 aromatic heterocycles. The molecular formula is C11H15BO4. The molecule has 0 spiro atoms. The van der Waals surface area contributed by atoms with Crippen LogP contribution in [0.25, 0.3) is 0 Å². The molecule has 86 valence electrons. The molecule has 0 fully saturated rings. The molecule has 0 aliphatic rings. The van der Waals surface area contributed by atoms with Crippen molar-refractivity contribution in [2.24, 2.45) is 0 Å². The van der Waals surface area contributed by atoms with Gasteiger partial charge < -0.3 is 14.8 Å². The van der Waals surface area contributed by atoms with Gasteiger partial charge in [0, 0.05) is 0 Å². The molecule has 0 heterocycles. The topological polar surface area (TPSA) is 66.8 Å². The first-order valence-electron chi connectivity index (χ1n) is 5.19. The number of ether oxygens (including phenoxy) is 1. The van der Waals surface area contributed by atoms with Gasteiger partial charge in [0.25, 0.3) is 0 Å². The SMILES string of the molecule is CCOC(=O)C(C)c1ccc(B(O)O)cc1. The normalized spacial score (nSPS) is 12.0. The molecule has 16 heavy (non-hydrogen) atoms. The van der Waals surface area contributed by atoms with Gasteiger partial charge in [-0.1, -0.05) is 24.3 Å². The quantitative estimate of drug-likeness (QED) is 0.557. The van der Waals surface area contributed by atoms with Gasteiger partial charge in [0.05, 0.1) is 12.5 Å². The van der Waals surface area contributed by atoms with E-state index in [1.807, 2.05) is 0 Å². The predicted octanol–water partition coefficient (Wildman–Crippen LogP) is 0.0330. The van der Waals surface area contributed by atoms with Gasteiger partial charge in [-0.25, -0.2) is 0 Å². The molecule has 2 N–H and O–H groups in total. The Labute approximate surface area is 95.0 Å². The van der Waals surface area contributed by atoms with Crippen LogP contribution in [0.2, 0.25) is 0 Å². The monoisotopic (exact) mass is 222 g/mol. The summed E-state index contributed by atoms with van der Waals surface area (Å²) in [6.07, 6.45) is 0. The van der Waals surface area contributed by atoms with Gasteiger partial charge >= 0.3 is 13.1 Å². The summed E-state index contributed by atoms with van der Waals surface area (Å²) in [5.74, 6) is -0.621. The summed E-state index contributed by atoms with van der Waals surface area (Å²) in [6.45, 7) is 3.87. The molecule has 0 bridgehead atoms. The minimum atomic E-state index is -1.48. The molecule has 4 nitrogen and oxygen atoms in total. The maximum absolute atomic E-state index is 11.4. The van der Waals surface area contributed by atoms with Crippen molar-refractivity contribution in [1.82, 2.24) is 0 Å². The average Bonchev–Trinajstić information content (AvgIpc) is 2.28. The van der Waals surface area contributed by atoms with Crippen molar-refractivity contribution in [2.45, 2.75) is 19.8 Å². The molecule has 0 amide bonds. The number of esters is 1. The molecule has 5 heteroatoms. The van der Waals surface area contributed by atoms with Gasteiger partial charge in [0.2, 0.25) is 0 Å². The highest BCUT2D eigenvalue weighted by Gasteiger charge is 2.17. The lowest BCUT2D eigenvalue weighted by atomic mass is 9.79. The number of benzene rings is 1. The van der Waals surface area contributed by atoms with Gasteiger partial charge in [-0.05, 0) is 24.9 Å². The Morgan fingerprint density at radius 3 is 2.38 bits per heavy atom. The predicted molar refractivity (Wildman–Crippen MR) is 61.3 cm³/mol. The highest BCUT2D eigenvalue weighted by atomic mass is 16.5. The molecule has 0 aliphatic carbocycles. The second kappa shape index (κ2) is 5.68. The third kappa shape index (κ3) is 3.08. The third-order valence-electron chi connectivity index (χ3n) is 2.37. The number of hydrogen-bond acceptors (Lipinski definition) is 4. The summed E-state index contributed by atoms with van der Waals surface area (Å²) in [6, 6.07) is 6.54. The third-order valence-corrected chi connectivity index (χ3v) is 2.37. The van der Waals surface area contributed by atoms with Gasteiger partial charge in [0.1, 0.15) is 0 Å². The zero-order chi connectivity index (χ0) is 12.1. The van der Waals surface area contributed by atoms with Crippen molar-refractivity contribution in [3.63, 3.8) is 0 Å². The van der Waals surface area contributed by atoms with Crippen LogP contribution in [0.3, 0.4) is 0 Å². The van der Waals surface area contributed by atoms with Crippen LogP contribution in [-0.2, 0) is 9.53 Å². The summed E-state index contributed by atoms with van der Waals surface area (Å²) in [7, 11) is -1.48. The van der Waals surface area contributed by atoms with E-state index in [1.165, 1.54) is 0 Å². The van der Waals surface area contributed by atoms with Crippen molar-refractivity contribution in [1.29, 1.82) is 0 Å². The maximum atomic E-state index is 11.4. The fourth-order valence-corrected chi connectivity index (χ4v) is 1.36. The standard InChI is InChI=1S/C11H15BO4/c1-3-16-11(13)8(2)9-4-6-10(7-5-9)12(14)15/h4-8,14-15H,3H2,1-2H3. The lowest BCUT2D eigenvalue weighted by Gasteiger charge is -2.11. The largest absolute Gasteiger partial charge is 0.488 e. The lowest BCUT2D eigenvalue weighted by molar-refractivity contribution is -0.144. The molecule has 1 atom stereocenters. The Balaban J connectivity index is 2.77. The second-order valence-electron chi connectivity index (χ2n) is 3.51. The van der Waals surface area contributed by atoms with E-state index < -0.39 is 7.12 Å². The Kier molecular flexibility index (Phi) is 4.52. The van der Waals surface area contributed by atoms with Crippen LogP contribution in [0, 0.1) is 0 Å². The molecule has 0 saturated carbocycles. The highest BCUT2D eigenvalue weighted by molar-refractivity contribution is 6.58. The van der Waals surface area contributed by atoms with Crippen LogP contribution < -0.4 is 5.46 Å². The van der Waals surface area contributed by atoms with E-state index in [2.05, 4.69) is 0 Å². The van der Waals surface area contributed by atoms with E-state index in [9.17, 15) is 4.79 Å². The molecule has 1 rings (SSSR count). The smallest absolute Gasteiger partial charge is 0.466 e. The second-order valence-corrected chi connectivity index (χ2v) is 3.51. The molecule has 1 aromatic rings. The van der Waals surface area contributed by atoms with E-state index in [-0.39, 0.29) is 11.9 Å². The van der Waals surface area contributed by atoms with Crippen molar-refractivity contribution in [2.75, 3.05) is 6.61 Å². The Bertz CT molecular complexity index is 348. The average molecular weight is 222 g/mol. The highest BCUT2D eigenvalue weighted by Crippen LogP contribution is 2.15. The van der Waals surface area contributed by atoms with Crippen molar-refractivity contribution >= 4 is 18.6 Å². The van der Waals surface area contributed by atoms with Gasteiger partial charge in [0.15, 0.2) is 0 Å². The molecule has 1 unspecified atom stereocenters. The maximum Gasteiger partial charge on any atom is 0.488 e. The zero-order valence-electron chi connectivity index (χ0n) is 9.38. The summed E-state index contributed by atoms with van der Waals surface area (Å²) in [4.78, 5) is 11.4. The number of carbonyl (C=O) groups is 1. The Morgan fingerprint density at radius 2 is 1.94 bits per heavy atom. The van der Waals surface area contributed by atoms with E-state index in [4.69, 9.17) is 14.8 Å². The molecular weight excluding hydrogens is 207 g/mol. The summed E-state index contributed by atoms with van der Waals surface area (Å²) in [5.41, 5.74) is 1.20. The van der Waals surface area contributed by atoms with Crippen LogP contribution in [0.1, 0.15) is 25.3 Å². The number of rotatable bonds is 4. The van der Waals surface area contributed by atoms with Crippen LogP contribution >= 0.6 is 0 Å². The van der Waals surface area contributed by atoms with Gasteiger partial charge in [-0.3, -0.25) is 4.79 Å². The first kappa shape index (κ1) is 12.7. The summed E-state index contributed by atoms with van der Waals surface area (Å²) < 4.78 is 4.90. The number of hydrogen-bond donors (Lipinski definition) is 2. The molecule has 0 radical (unpaired) electrons. The molecule has 0 saturated heterocycles. The van der Waals surface area contributed by atoms with Gasteiger partial charge in [-0.15, -0.1) is 0 Å². The summed E-state index contributed by atoms with van der Waals surface area (Å²) >= 11 is 0. The van der Waals surface area contributed by atoms with Crippen LogP contribution in [0.15, 0.2) is 24.3 Å². The summed E-state index contributed by atoms with van der Waals surface area (Å²) in [5, 5.41) is 17.8. The fraction of sp³-hybridized carbons (Fsp3) is 0.364. The van der Waals surface area contributed by atoms with Crippen LogP contribution in [0.5, 0.6) is 0 Å². The number of carbonyl (C=O) groups excluding carboxylic acids is 1. The van der Waals surface area contributed by atoms with Crippen LogP contribution in [0.4, 0.5) is 0 Å². The van der Waals surface area contributed by atoms with E-state index in [0.29, 0.717) is 12.1 Å². The molecule has 1 aromatic carbocycles. The fourth-order valence-electron chi connectivity index (χ4n) is 1.36. The first-order chi connectivity index (χ1) is 7.56. The lowest BCUT2D eigenvalue weighted by Crippen LogP contribution is -2.29. The van der Waals surface area contributed by atoms with Crippen molar-refractivity contribution < 1.29 is 19.6 Å². The van der Waals surface area contributed by atoms with E-state index >= 15 is 0 Å². The Morgan fingerprint density at radius 1 is 1.38 bits per heavy atom. The van der Waals surface area contributed by atoms with E-state index in [0.717, 1.165) is 5.56 Å². The van der Waals surface area contributed by atoms with Crippen molar-refractivity contribution in [3.8, 4) is 0 Å². The molecule has 0 aliphatic heterocycles. The minimum absolute atomic E-state index is 0.278. The zero-order valence-corrected chi connectivity index (χ0v) is 9.38. The van der Waals surface area contributed by atoms with E-state index in [1.54, 1.807) is 38.1 Å². The minimum Gasteiger partial charge on any atom is -0.466 e. The Hall–Kier alpha value is -1.33. The first-order valence-corrected chi connectivity index (χ1v) is 5.19. The van der Waals surface area contributed by atoms with Crippen molar-refractivity contribution in [3.05, 3.63) is 29.8 Å². The van der Waals surface area contributed by atoms with Crippen LogP contribution in [-0.4, -0.2) is 29.7 Å². The van der Waals surface area contributed by atoms with Gasteiger partial charge in [-0.2, -0.15) is 0 Å².